The highest BCUT2D eigenvalue weighted by Gasteiger charge is 2.30. The molecule has 5 rings (SSSR count). The van der Waals surface area contributed by atoms with E-state index in [-0.39, 0.29) is 12.0 Å². The number of oxime groups is 1. The normalized spacial score (nSPS) is 21.9. The van der Waals surface area contributed by atoms with Crippen molar-refractivity contribution < 1.29 is 9.63 Å². The van der Waals surface area contributed by atoms with E-state index in [1.807, 2.05) is 11.0 Å². The largest absolute Gasteiger partial charge is 0.387 e. The van der Waals surface area contributed by atoms with E-state index in [0.29, 0.717) is 5.92 Å². The fourth-order valence-electron chi connectivity index (χ4n) is 4.79. The fourth-order valence-corrected chi connectivity index (χ4v) is 5.79. The average Bonchev–Trinajstić information content (AvgIpc) is 3.44. The molecular formula is C23H26N4O2S. The molecule has 1 aromatic heterocycles. The fraction of sp³-hybridized carbons (Fsp3) is 0.478. The minimum Gasteiger partial charge on any atom is -0.387 e. The van der Waals surface area contributed by atoms with Gasteiger partial charge in [0, 0.05) is 43.4 Å². The first-order valence-corrected chi connectivity index (χ1v) is 11.6. The molecule has 2 aromatic rings. The lowest BCUT2D eigenvalue weighted by Gasteiger charge is -2.30. The van der Waals surface area contributed by atoms with Crippen molar-refractivity contribution in [3.63, 3.8) is 0 Å². The van der Waals surface area contributed by atoms with Crippen molar-refractivity contribution in [2.24, 2.45) is 5.16 Å². The first-order chi connectivity index (χ1) is 14.6. The molecule has 2 aliphatic heterocycles. The smallest absolute Gasteiger partial charge is 0.219 e. The number of likely N-dealkylation sites (tertiary alicyclic amines) is 1. The van der Waals surface area contributed by atoms with E-state index in [9.17, 15) is 4.79 Å². The minimum atomic E-state index is -0.0928. The minimum absolute atomic E-state index is 0.0928. The summed E-state index contributed by atoms with van der Waals surface area (Å²) >= 11 is 1.69. The van der Waals surface area contributed by atoms with Crippen LogP contribution in [0, 0.1) is 5.41 Å². The van der Waals surface area contributed by atoms with Crippen LogP contribution < -0.4 is 0 Å². The van der Waals surface area contributed by atoms with Gasteiger partial charge < -0.3 is 15.1 Å². The Labute approximate surface area is 180 Å². The maximum Gasteiger partial charge on any atom is 0.219 e. The van der Waals surface area contributed by atoms with E-state index < -0.39 is 0 Å². The van der Waals surface area contributed by atoms with Gasteiger partial charge in [-0.15, -0.1) is 11.3 Å². The molecule has 0 saturated carbocycles. The van der Waals surface area contributed by atoms with Crippen LogP contribution in [0.15, 0.2) is 28.7 Å². The highest BCUT2D eigenvalue weighted by Crippen LogP contribution is 2.36. The molecule has 1 saturated heterocycles. The average molecular weight is 423 g/mol. The first kappa shape index (κ1) is 19.4. The third-order valence-electron chi connectivity index (χ3n) is 6.51. The maximum absolute atomic E-state index is 11.5. The van der Waals surface area contributed by atoms with E-state index in [1.165, 1.54) is 11.1 Å². The Morgan fingerprint density at radius 2 is 2.10 bits per heavy atom. The molecule has 1 atom stereocenters. The summed E-state index contributed by atoms with van der Waals surface area (Å²) in [6, 6.07) is 6.21. The number of piperidine rings is 1. The lowest BCUT2D eigenvalue weighted by Crippen LogP contribution is -2.36. The molecule has 0 radical (unpaired) electrons. The summed E-state index contributed by atoms with van der Waals surface area (Å²) in [7, 11) is 0. The van der Waals surface area contributed by atoms with Gasteiger partial charge in [0.2, 0.25) is 5.91 Å². The summed E-state index contributed by atoms with van der Waals surface area (Å²) in [5.74, 6) is 0.584. The van der Waals surface area contributed by atoms with E-state index in [0.717, 1.165) is 79.3 Å². The number of aromatic nitrogens is 1. The van der Waals surface area contributed by atoms with Crippen LogP contribution in [0.5, 0.6) is 0 Å². The lowest BCUT2D eigenvalue weighted by atomic mass is 9.84. The van der Waals surface area contributed by atoms with Crippen LogP contribution >= 0.6 is 11.3 Å². The van der Waals surface area contributed by atoms with Crippen molar-refractivity contribution in [1.82, 2.24) is 9.88 Å². The second kappa shape index (κ2) is 7.95. The Hall–Kier alpha value is -2.54. The Balaban J connectivity index is 1.28. The van der Waals surface area contributed by atoms with Crippen molar-refractivity contribution >= 4 is 28.7 Å². The van der Waals surface area contributed by atoms with Crippen LogP contribution in [0.3, 0.4) is 0 Å². The molecule has 6 nitrogen and oxygen atoms in total. The Morgan fingerprint density at radius 1 is 1.27 bits per heavy atom. The number of thiazole rings is 1. The van der Waals surface area contributed by atoms with Gasteiger partial charge in [-0.1, -0.05) is 23.4 Å². The molecule has 3 heterocycles. The zero-order valence-corrected chi connectivity index (χ0v) is 18.0. The number of carbonyl (C=O) groups excluding carboxylic acids is 1. The van der Waals surface area contributed by atoms with E-state index in [2.05, 4.69) is 22.7 Å². The van der Waals surface area contributed by atoms with Gasteiger partial charge in [0.15, 0.2) is 6.10 Å². The van der Waals surface area contributed by atoms with Crippen LogP contribution in [0.25, 0.3) is 0 Å². The molecule has 30 heavy (non-hydrogen) atoms. The van der Waals surface area contributed by atoms with Crippen molar-refractivity contribution in [3.05, 3.63) is 51.0 Å². The molecule has 3 aliphatic rings. The molecule has 1 aliphatic carbocycles. The number of carbonyl (C=O) groups is 1. The predicted molar refractivity (Wildman–Crippen MR) is 118 cm³/mol. The van der Waals surface area contributed by atoms with E-state index >= 15 is 0 Å². The number of rotatable bonds is 3. The van der Waals surface area contributed by atoms with Crippen molar-refractivity contribution in [1.29, 1.82) is 5.41 Å². The van der Waals surface area contributed by atoms with Gasteiger partial charge in [-0.2, -0.15) is 0 Å². The zero-order chi connectivity index (χ0) is 20.7. The Morgan fingerprint density at radius 3 is 2.90 bits per heavy atom. The highest BCUT2D eigenvalue weighted by atomic mass is 32.1. The summed E-state index contributed by atoms with van der Waals surface area (Å²) < 4.78 is 0. The SMILES string of the molecule is CC(=O)N1CCC(c2nc(C3=NOC(c4cccc5c4CCCC5=N)C3)cs2)CC1. The highest BCUT2D eigenvalue weighted by molar-refractivity contribution is 7.10. The summed E-state index contributed by atoms with van der Waals surface area (Å²) in [6.07, 6.45) is 5.46. The predicted octanol–water partition coefficient (Wildman–Crippen LogP) is 4.44. The number of hydrogen-bond acceptors (Lipinski definition) is 6. The summed E-state index contributed by atoms with van der Waals surface area (Å²) in [6.45, 7) is 3.27. The number of nitrogens with zero attached hydrogens (tertiary/aromatic N) is 3. The number of benzene rings is 1. The second-order valence-electron chi connectivity index (χ2n) is 8.39. The second-order valence-corrected chi connectivity index (χ2v) is 9.28. The van der Waals surface area contributed by atoms with Crippen LogP contribution in [-0.2, 0) is 16.1 Å². The molecule has 0 spiro atoms. The number of fused-ring (bicyclic) bond motifs is 1. The lowest BCUT2D eigenvalue weighted by molar-refractivity contribution is -0.129. The van der Waals surface area contributed by atoms with Gasteiger partial charge in [0.25, 0.3) is 0 Å². The molecule has 7 heteroatoms. The molecule has 1 amide bonds. The van der Waals surface area contributed by atoms with Crippen LogP contribution in [0.4, 0.5) is 0 Å². The van der Waals surface area contributed by atoms with E-state index in [4.69, 9.17) is 15.2 Å². The summed E-state index contributed by atoms with van der Waals surface area (Å²) in [5, 5.41) is 15.9. The van der Waals surface area contributed by atoms with Crippen molar-refractivity contribution in [2.45, 2.75) is 57.5 Å². The van der Waals surface area contributed by atoms with Crippen LogP contribution in [0.2, 0.25) is 0 Å². The van der Waals surface area contributed by atoms with Crippen molar-refractivity contribution in [3.8, 4) is 0 Å². The monoisotopic (exact) mass is 422 g/mol. The molecule has 0 bridgehead atoms. The van der Waals surface area contributed by atoms with Gasteiger partial charge in [-0.25, -0.2) is 4.98 Å². The first-order valence-electron chi connectivity index (χ1n) is 10.7. The zero-order valence-electron chi connectivity index (χ0n) is 17.2. The van der Waals surface area contributed by atoms with Gasteiger partial charge in [0.05, 0.1) is 10.7 Å². The topological polar surface area (TPSA) is 78.6 Å². The number of hydrogen-bond donors (Lipinski definition) is 1. The molecule has 1 N–H and O–H groups in total. The Kier molecular flexibility index (Phi) is 5.15. The molecule has 156 valence electrons. The van der Waals surface area contributed by atoms with Gasteiger partial charge in [0.1, 0.15) is 5.71 Å². The quantitative estimate of drug-likeness (QED) is 0.794. The van der Waals surface area contributed by atoms with E-state index in [1.54, 1.807) is 18.3 Å². The van der Waals surface area contributed by atoms with Gasteiger partial charge in [-0.3, -0.25) is 4.79 Å². The van der Waals surface area contributed by atoms with Gasteiger partial charge in [-0.05, 0) is 48.8 Å². The molecule has 1 unspecified atom stereocenters. The molecule has 1 aromatic carbocycles. The van der Waals surface area contributed by atoms with Crippen LogP contribution in [0.1, 0.15) is 78.4 Å². The maximum atomic E-state index is 11.5. The standard InChI is InChI=1S/C23H26N4O2S/c1-14(28)27-10-8-15(9-11-27)23-25-21(13-30-23)20-12-22(29-26-20)18-6-2-5-17-16(18)4-3-7-19(17)24/h2,5-6,13,15,22,24H,3-4,7-12H2,1H3. The number of amides is 1. The Bertz CT molecular complexity index is 1020. The third-order valence-corrected chi connectivity index (χ3v) is 7.52. The molecular weight excluding hydrogens is 396 g/mol. The molecule has 1 fully saturated rings. The number of nitrogens with one attached hydrogen (secondary N) is 1. The third kappa shape index (κ3) is 3.55. The summed E-state index contributed by atoms with van der Waals surface area (Å²) in [4.78, 5) is 24.2. The van der Waals surface area contributed by atoms with Crippen molar-refractivity contribution in [2.75, 3.05) is 13.1 Å². The van der Waals surface area contributed by atoms with Gasteiger partial charge >= 0.3 is 0 Å². The summed E-state index contributed by atoms with van der Waals surface area (Å²) in [5.41, 5.74) is 6.06. The van der Waals surface area contributed by atoms with Crippen LogP contribution in [-0.4, -0.2) is 40.3 Å².